The average molecular weight is 361 g/mol. The summed E-state index contributed by atoms with van der Waals surface area (Å²) in [5, 5.41) is 0. The third-order valence-electron chi connectivity index (χ3n) is 5.14. The van der Waals surface area contributed by atoms with Gasteiger partial charge in [0.05, 0.1) is 11.7 Å². The van der Waals surface area contributed by atoms with Gasteiger partial charge in [-0.15, -0.1) is 0 Å². The number of nitrogens with zero attached hydrogens (tertiary/aromatic N) is 4. The molecule has 0 bridgehead atoms. The van der Waals surface area contributed by atoms with Gasteiger partial charge in [0.25, 0.3) is 5.91 Å². The largest absolute Gasteiger partial charge is 0.378 e. The summed E-state index contributed by atoms with van der Waals surface area (Å²) in [6.45, 7) is 2.91. The Hall–Kier alpha value is -2.22. The normalized spacial score (nSPS) is 22.6. The fourth-order valence-corrected chi connectivity index (χ4v) is 3.66. The second-order valence-corrected chi connectivity index (χ2v) is 7.18. The van der Waals surface area contributed by atoms with Crippen LogP contribution in [-0.2, 0) is 9.53 Å². The van der Waals surface area contributed by atoms with Crippen LogP contribution in [-0.4, -0.2) is 71.0 Å². The number of amides is 2. The number of nitrogens with two attached hydrogens (primary N) is 1. The lowest BCUT2D eigenvalue weighted by atomic mass is 10.1. The number of carbonyl (C=O) groups is 2. The van der Waals surface area contributed by atoms with Crippen LogP contribution in [0, 0.1) is 5.92 Å². The highest BCUT2D eigenvalue weighted by Crippen LogP contribution is 2.21. The van der Waals surface area contributed by atoms with E-state index in [0.29, 0.717) is 31.0 Å². The predicted octanol–water partition coefficient (Wildman–Crippen LogP) is 0.939. The number of anilines is 1. The van der Waals surface area contributed by atoms with Gasteiger partial charge in [0, 0.05) is 52.1 Å². The molecule has 2 saturated heterocycles. The molecule has 0 aromatic carbocycles. The van der Waals surface area contributed by atoms with Crippen molar-refractivity contribution in [2.45, 2.75) is 38.2 Å². The summed E-state index contributed by atoms with van der Waals surface area (Å²) in [6, 6.07) is 0. The molecule has 0 radical (unpaired) electrons. The Labute approximate surface area is 153 Å². The molecular formula is C18H27N5O3. The summed E-state index contributed by atoms with van der Waals surface area (Å²) >= 11 is 0. The van der Waals surface area contributed by atoms with Crippen LogP contribution in [0.4, 0.5) is 5.95 Å². The van der Waals surface area contributed by atoms with Crippen LogP contribution >= 0.6 is 0 Å². The Morgan fingerprint density at radius 1 is 1.35 bits per heavy atom. The molecule has 2 N–H and O–H groups in total. The maximum Gasteiger partial charge on any atom is 0.256 e. The molecular weight excluding hydrogens is 334 g/mol. The molecule has 142 valence electrons. The first-order chi connectivity index (χ1) is 12.5. The first-order valence-corrected chi connectivity index (χ1v) is 9.25. The molecule has 2 aliphatic heterocycles. The van der Waals surface area contributed by atoms with Gasteiger partial charge in [-0.3, -0.25) is 9.59 Å². The molecule has 3 heterocycles. The number of carbonyl (C=O) groups excluding carboxylic acids is 2. The lowest BCUT2D eigenvalue weighted by Crippen LogP contribution is -2.34. The van der Waals surface area contributed by atoms with E-state index >= 15 is 0 Å². The number of rotatable bonds is 6. The number of aromatic nitrogens is 2. The molecule has 2 aliphatic rings. The van der Waals surface area contributed by atoms with Crippen LogP contribution in [0.5, 0.6) is 0 Å². The van der Waals surface area contributed by atoms with Crippen LogP contribution in [0.1, 0.15) is 42.5 Å². The van der Waals surface area contributed by atoms with E-state index in [1.807, 2.05) is 4.90 Å². The second-order valence-electron chi connectivity index (χ2n) is 7.18. The lowest BCUT2D eigenvalue weighted by Gasteiger charge is -2.22. The van der Waals surface area contributed by atoms with E-state index in [0.717, 1.165) is 38.8 Å². The summed E-state index contributed by atoms with van der Waals surface area (Å²) in [7, 11) is 1.76. The summed E-state index contributed by atoms with van der Waals surface area (Å²) in [5.74, 6) is 0.513. The molecule has 0 saturated carbocycles. The van der Waals surface area contributed by atoms with E-state index in [1.54, 1.807) is 11.9 Å². The highest BCUT2D eigenvalue weighted by Gasteiger charge is 2.29. The molecule has 2 atom stereocenters. The Morgan fingerprint density at radius 2 is 2.12 bits per heavy atom. The van der Waals surface area contributed by atoms with Crippen LogP contribution < -0.4 is 5.73 Å². The molecule has 1 aromatic rings. The maximum atomic E-state index is 12.4. The van der Waals surface area contributed by atoms with Gasteiger partial charge in [-0.05, 0) is 31.6 Å². The van der Waals surface area contributed by atoms with E-state index in [4.69, 9.17) is 10.5 Å². The Balaban J connectivity index is 1.43. The smallest absolute Gasteiger partial charge is 0.256 e. The zero-order valence-electron chi connectivity index (χ0n) is 15.3. The van der Waals surface area contributed by atoms with E-state index in [-0.39, 0.29) is 23.9 Å². The van der Waals surface area contributed by atoms with Crippen molar-refractivity contribution in [1.82, 2.24) is 19.8 Å². The van der Waals surface area contributed by atoms with Gasteiger partial charge in [-0.25, -0.2) is 9.97 Å². The highest BCUT2D eigenvalue weighted by atomic mass is 16.5. The second kappa shape index (κ2) is 8.44. The minimum absolute atomic E-state index is 0.131. The highest BCUT2D eigenvalue weighted by molar-refractivity contribution is 5.93. The number of hydrogen-bond donors (Lipinski definition) is 1. The molecule has 1 unspecified atom stereocenters. The summed E-state index contributed by atoms with van der Waals surface area (Å²) in [5.41, 5.74) is 5.87. The Bertz CT molecular complexity index is 630. The van der Waals surface area contributed by atoms with Crippen molar-refractivity contribution < 1.29 is 14.3 Å². The first kappa shape index (κ1) is 18.6. The molecule has 2 amide bonds. The summed E-state index contributed by atoms with van der Waals surface area (Å²) in [6.07, 6.45) is 7.59. The molecule has 0 aliphatic carbocycles. The lowest BCUT2D eigenvalue weighted by molar-refractivity contribution is -0.130. The van der Waals surface area contributed by atoms with E-state index in [9.17, 15) is 9.59 Å². The minimum atomic E-state index is -0.131. The Kier molecular flexibility index (Phi) is 6.03. The van der Waals surface area contributed by atoms with Crippen LogP contribution in [0.15, 0.2) is 12.4 Å². The molecule has 8 nitrogen and oxygen atoms in total. The van der Waals surface area contributed by atoms with Crippen LogP contribution in [0.2, 0.25) is 0 Å². The molecule has 26 heavy (non-hydrogen) atoms. The van der Waals surface area contributed by atoms with Gasteiger partial charge in [0.15, 0.2) is 0 Å². The monoisotopic (exact) mass is 361 g/mol. The van der Waals surface area contributed by atoms with Gasteiger partial charge in [0.1, 0.15) is 0 Å². The van der Waals surface area contributed by atoms with Gasteiger partial charge in [0.2, 0.25) is 11.9 Å². The van der Waals surface area contributed by atoms with Crippen molar-refractivity contribution in [2.75, 3.05) is 39.0 Å². The van der Waals surface area contributed by atoms with E-state index in [2.05, 4.69) is 9.97 Å². The standard InChI is InChI=1S/C18H27N5O3/c1-22(17(25)14-9-20-18(19)21-10-14)11-13-6-7-23(12-13)16(24)5-4-15-3-2-8-26-15/h9-10,13,15H,2-8,11-12H2,1H3,(H2,19,20,21)/t13?,15-/m0/s1. The van der Waals surface area contributed by atoms with Gasteiger partial charge in [-0.2, -0.15) is 0 Å². The number of ether oxygens (including phenoxy) is 1. The summed E-state index contributed by atoms with van der Waals surface area (Å²) < 4.78 is 5.58. The zero-order valence-corrected chi connectivity index (χ0v) is 15.3. The molecule has 0 spiro atoms. The third kappa shape index (κ3) is 4.69. The molecule has 1 aromatic heterocycles. The number of likely N-dealkylation sites (tertiary alicyclic amines) is 1. The predicted molar refractivity (Wildman–Crippen MR) is 96.3 cm³/mol. The topological polar surface area (TPSA) is 102 Å². The van der Waals surface area contributed by atoms with E-state index < -0.39 is 0 Å². The molecule has 2 fully saturated rings. The Morgan fingerprint density at radius 3 is 2.81 bits per heavy atom. The maximum absolute atomic E-state index is 12.4. The molecule has 3 rings (SSSR count). The molecule has 8 heteroatoms. The van der Waals surface area contributed by atoms with Crippen molar-refractivity contribution in [2.24, 2.45) is 5.92 Å². The number of nitrogen functional groups attached to an aromatic ring is 1. The van der Waals surface area contributed by atoms with Crippen molar-refractivity contribution in [3.05, 3.63) is 18.0 Å². The number of hydrogen-bond acceptors (Lipinski definition) is 6. The SMILES string of the molecule is CN(CC1CCN(C(=O)CC[C@@H]2CCCO2)C1)C(=O)c1cnc(N)nc1. The minimum Gasteiger partial charge on any atom is -0.378 e. The van der Waals surface area contributed by atoms with Crippen molar-refractivity contribution >= 4 is 17.8 Å². The van der Waals surface area contributed by atoms with E-state index in [1.165, 1.54) is 12.4 Å². The van der Waals surface area contributed by atoms with Gasteiger partial charge < -0.3 is 20.3 Å². The van der Waals surface area contributed by atoms with Gasteiger partial charge in [-0.1, -0.05) is 0 Å². The fourth-order valence-electron chi connectivity index (χ4n) is 3.66. The average Bonchev–Trinajstić information content (AvgIpc) is 3.31. The quantitative estimate of drug-likeness (QED) is 0.809. The van der Waals surface area contributed by atoms with Gasteiger partial charge >= 0.3 is 0 Å². The van der Waals surface area contributed by atoms with Crippen molar-refractivity contribution in [1.29, 1.82) is 0 Å². The zero-order chi connectivity index (χ0) is 18.5. The summed E-state index contributed by atoms with van der Waals surface area (Å²) in [4.78, 5) is 36.1. The first-order valence-electron chi connectivity index (χ1n) is 9.25. The third-order valence-corrected chi connectivity index (χ3v) is 5.14. The van der Waals surface area contributed by atoms with Crippen molar-refractivity contribution in [3.63, 3.8) is 0 Å². The van der Waals surface area contributed by atoms with Crippen molar-refractivity contribution in [3.8, 4) is 0 Å². The fraction of sp³-hybridized carbons (Fsp3) is 0.667. The van der Waals surface area contributed by atoms with Crippen LogP contribution in [0.25, 0.3) is 0 Å². The van der Waals surface area contributed by atoms with Crippen LogP contribution in [0.3, 0.4) is 0 Å².